The SMILES string of the molecule is Nc1cc(=O)[nH]c(Nc2ccccc2)n1. The lowest BCUT2D eigenvalue weighted by atomic mass is 10.3. The highest BCUT2D eigenvalue weighted by Crippen LogP contribution is 2.10. The first kappa shape index (κ1) is 9.26. The molecule has 1 heterocycles. The third-order valence-corrected chi connectivity index (χ3v) is 1.80. The van der Waals surface area contributed by atoms with Crippen LogP contribution in [0.2, 0.25) is 0 Å². The molecule has 0 radical (unpaired) electrons. The molecule has 0 aliphatic heterocycles. The van der Waals surface area contributed by atoms with Gasteiger partial charge in [-0.05, 0) is 12.1 Å². The van der Waals surface area contributed by atoms with Gasteiger partial charge in [0.15, 0.2) is 0 Å². The Labute approximate surface area is 86.0 Å². The van der Waals surface area contributed by atoms with Crippen LogP contribution in [-0.2, 0) is 0 Å². The second-order valence-electron chi connectivity index (χ2n) is 3.01. The van der Waals surface area contributed by atoms with Gasteiger partial charge >= 0.3 is 0 Å². The minimum atomic E-state index is -0.277. The third-order valence-electron chi connectivity index (χ3n) is 1.80. The zero-order valence-corrected chi connectivity index (χ0v) is 7.90. The van der Waals surface area contributed by atoms with Gasteiger partial charge in [-0.15, -0.1) is 0 Å². The standard InChI is InChI=1S/C10H10N4O/c11-8-6-9(15)14-10(13-8)12-7-4-2-1-3-5-7/h1-6H,(H4,11,12,13,14,15). The van der Waals surface area contributed by atoms with Gasteiger partial charge in [0, 0.05) is 11.8 Å². The molecule has 0 atom stereocenters. The van der Waals surface area contributed by atoms with Crippen LogP contribution in [0.1, 0.15) is 0 Å². The van der Waals surface area contributed by atoms with Crippen molar-refractivity contribution >= 4 is 17.5 Å². The molecule has 76 valence electrons. The topological polar surface area (TPSA) is 83.8 Å². The molecule has 4 N–H and O–H groups in total. The molecule has 0 saturated carbocycles. The molecule has 0 spiro atoms. The molecule has 0 saturated heterocycles. The Morgan fingerprint density at radius 1 is 1.27 bits per heavy atom. The van der Waals surface area contributed by atoms with E-state index in [2.05, 4.69) is 15.3 Å². The molecular weight excluding hydrogens is 192 g/mol. The first-order chi connectivity index (χ1) is 7.24. The van der Waals surface area contributed by atoms with E-state index in [0.29, 0.717) is 5.95 Å². The van der Waals surface area contributed by atoms with Gasteiger partial charge in [0.2, 0.25) is 5.95 Å². The molecule has 0 aliphatic rings. The van der Waals surface area contributed by atoms with Gasteiger partial charge < -0.3 is 11.1 Å². The molecule has 2 rings (SSSR count). The third kappa shape index (κ3) is 2.34. The maximum absolute atomic E-state index is 11.1. The van der Waals surface area contributed by atoms with Gasteiger partial charge in [0.25, 0.3) is 5.56 Å². The number of para-hydroxylation sites is 1. The molecule has 1 aromatic heterocycles. The fourth-order valence-electron chi connectivity index (χ4n) is 1.19. The Bertz CT molecular complexity index is 506. The van der Waals surface area contributed by atoms with Crippen molar-refractivity contribution in [2.45, 2.75) is 0 Å². The number of benzene rings is 1. The van der Waals surface area contributed by atoms with Crippen LogP contribution in [0.4, 0.5) is 17.5 Å². The Kier molecular flexibility index (Phi) is 2.37. The van der Waals surface area contributed by atoms with Crippen molar-refractivity contribution in [3.8, 4) is 0 Å². The summed E-state index contributed by atoms with van der Waals surface area (Å²) in [7, 11) is 0. The van der Waals surface area contributed by atoms with Crippen molar-refractivity contribution in [3.05, 3.63) is 46.8 Å². The first-order valence-corrected chi connectivity index (χ1v) is 4.43. The van der Waals surface area contributed by atoms with Crippen LogP contribution in [0.3, 0.4) is 0 Å². The number of aromatic nitrogens is 2. The van der Waals surface area contributed by atoms with Gasteiger partial charge in [0.1, 0.15) is 5.82 Å². The Morgan fingerprint density at radius 3 is 2.67 bits per heavy atom. The van der Waals surface area contributed by atoms with Crippen molar-refractivity contribution in [1.82, 2.24) is 9.97 Å². The number of nitrogens with zero attached hydrogens (tertiary/aromatic N) is 1. The number of anilines is 3. The minimum absolute atomic E-state index is 0.192. The van der Waals surface area contributed by atoms with Crippen molar-refractivity contribution in [3.63, 3.8) is 0 Å². The van der Waals surface area contributed by atoms with Crippen molar-refractivity contribution in [1.29, 1.82) is 0 Å². The summed E-state index contributed by atoms with van der Waals surface area (Å²) in [6, 6.07) is 10.6. The van der Waals surface area contributed by atoms with E-state index < -0.39 is 0 Å². The molecule has 2 aromatic rings. The van der Waals surface area contributed by atoms with E-state index in [1.807, 2.05) is 30.3 Å². The number of nitrogens with one attached hydrogen (secondary N) is 2. The van der Waals surface area contributed by atoms with Crippen molar-refractivity contribution in [2.24, 2.45) is 0 Å². The average molecular weight is 202 g/mol. The number of nitrogens with two attached hydrogens (primary N) is 1. The number of aromatic amines is 1. The number of rotatable bonds is 2. The summed E-state index contributed by atoms with van der Waals surface area (Å²) in [6.45, 7) is 0. The van der Waals surface area contributed by atoms with Crippen LogP contribution < -0.4 is 16.6 Å². The van der Waals surface area contributed by atoms with E-state index in [9.17, 15) is 4.79 Å². The van der Waals surface area contributed by atoms with Crippen LogP contribution >= 0.6 is 0 Å². The van der Waals surface area contributed by atoms with E-state index in [1.165, 1.54) is 6.07 Å². The zero-order chi connectivity index (χ0) is 10.7. The van der Waals surface area contributed by atoms with Gasteiger partial charge in [-0.2, -0.15) is 4.98 Å². The highest BCUT2D eigenvalue weighted by Gasteiger charge is 1.97. The summed E-state index contributed by atoms with van der Waals surface area (Å²) in [6.07, 6.45) is 0. The van der Waals surface area contributed by atoms with E-state index in [0.717, 1.165) is 5.69 Å². The monoisotopic (exact) mass is 202 g/mol. The maximum Gasteiger partial charge on any atom is 0.254 e. The number of H-pyrrole nitrogens is 1. The van der Waals surface area contributed by atoms with E-state index in [4.69, 9.17) is 5.73 Å². The molecule has 5 nitrogen and oxygen atoms in total. The second-order valence-corrected chi connectivity index (χ2v) is 3.01. The van der Waals surface area contributed by atoms with Crippen molar-refractivity contribution in [2.75, 3.05) is 11.1 Å². The van der Waals surface area contributed by atoms with Gasteiger partial charge in [0.05, 0.1) is 0 Å². The lowest BCUT2D eigenvalue weighted by Gasteiger charge is -2.04. The van der Waals surface area contributed by atoms with Gasteiger partial charge in [-0.3, -0.25) is 9.78 Å². The fraction of sp³-hybridized carbons (Fsp3) is 0. The number of nitrogen functional groups attached to an aromatic ring is 1. The summed E-state index contributed by atoms with van der Waals surface area (Å²) in [5.41, 5.74) is 6.00. The molecule has 1 aromatic carbocycles. The average Bonchev–Trinajstić information content (AvgIpc) is 2.17. The predicted octanol–water partition coefficient (Wildman–Crippen LogP) is 1.10. The summed E-state index contributed by atoms with van der Waals surface area (Å²) >= 11 is 0. The largest absolute Gasteiger partial charge is 0.383 e. The minimum Gasteiger partial charge on any atom is -0.383 e. The maximum atomic E-state index is 11.1. The Morgan fingerprint density at radius 2 is 2.00 bits per heavy atom. The molecule has 0 fully saturated rings. The van der Waals surface area contributed by atoms with E-state index in [1.54, 1.807) is 0 Å². The molecular formula is C10H10N4O. The summed E-state index contributed by atoms with van der Waals surface area (Å²) in [5.74, 6) is 0.531. The number of hydrogen-bond acceptors (Lipinski definition) is 4. The zero-order valence-electron chi connectivity index (χ0n) is 7.90. The summed E-state index contributed by atoms with van der Waals surface area (Å²) < 4.78 is 0. The smallest absolute Gasteiger partial charge is 0.254 e. The van der Waals surface area contributed by atoms with Gasteiger partial charge in [-0.1, -0.05) is 18.2 Å². The summed E-state index contributed by atoms with van der Waals surface area (Å²) in [4.78, 5) is 17.6. The van der Waals surface area contributed by atoms with E-state index in [-0.39, 0.29) is 11.4 Å². The van der Waals surface area contributed by atoms with Crippen LogP contribution in [0.5, 0.6) is 0 Å². The van der Waals surface area contributed by atoms with Gasteiger partial charge in [-0.25, -0.2) is 0 Å². The summed E-state index contributed by atoms with van der Waals surface area (Å²) in [5, 5.41) is 2.94. The molecule has 15 heavy (non-hydrogen) atoms. The molecule has 0 bridgehead atoms. The second kappa shape index (κ2) is 3.83. The van der Waals surface area contributed by atoms with Crippen LogP contribution in [0, 0.1) is 0 Å². The molecule has 0 unspecified atom stereocenters. The lowest BCUT2D eigenvalue weighted by Crippen LogP contribution is -2.11. The molecule has 0 amide bonds. The lowest BCUT2D eigenvalue weighted by molar-refractivity contribution is 1.13. The van der Waals surface area contributed by atoms with Crippen LogP contribution in [-0.4, -0.2) is 9.97 Å². The first-order valence-electron chi connectivity index (χ1n) is 4.43. The highest BCUT2D eigenvalue weighted by molar-refractivity contribution is 5.53. The number of hydrogen-bond donors (Lipinski definition) is 3. The Balaban J connectivity index is 2.29. The molecule has 0 aliphatic carbocycles. The normalized spacial score (nSPS) is 9.87. The highest BCUT2D eigenvalue weighted by atomic mass is 16.1. The van der Waals surface area contributed by atoms with Crippen molar-refractivity contribution < 1.29 is 0 Å². The van der Waals surface area contributed by atoms with E-state index >= 15 is 0 Å². The Hall–Kier alpha value is -2.30. The molecule has 5 heteroatoms. The van der Waals surface area contributed by atoms with Crippen LogP contribution in [0.15, 0.2) is 41.2 Å². The quantitative estimate of drug-likeness (QED) is 0.680. The predicted molar refractivity (Wildman–Crippen MR) is 59.0 cm³/mol. The fourth-order valence-corrected chi connectivity index (χ4v) is 1.19. The van der Waals surface area contributed by atoms with Crippen LogP contribution in [0.25, 0.3) is 0 Å².